The van der Waals surface area contributed by atoms with Gasteiger partial charge in [0.1, 0.15) is 0 Å². The highest BCUT2D eigenvalue weighted by Crippen LogP contribution is 2.27. The van der Waals surface area contributed by atoms with Gasteiger partial charge in [0.25, 0.3) is 5.56 Å². The predicted octanol–water partition coefficient (Wildman–Crippen LogP) is 3.02. The number of amides is 2. The van der Waals surface area contributed by atoms with Crippen molar-refractivity contribution in [3.05, 3.63) is 33.7 Å². The molecule has 7 nitrogen and oxygen atoms in total. The largest absolute Gasteiger partial charge is 0.339 e. The third-order valence-electron chi connectivity index (χ3n) is 6.31. The lowest BCUT2D eigenvalue weighted by molar-refractivity contribution is -0.138. The first-order chi connectivity index (χ1) is 15.1. The van der Waals surface area contributed by atoms with Crippen LogP contribution in [0.3, 0.4) is 0 Å². The van der Waals surface area contributed by atoms with Crippen LogP contribution in [0.25, 0.3) is 4.96 Å². The average Bonchev–Trinajstić information content (AvgIpc) is 3.27. The Morgan fingerprint density at radius 1 is 1.06 bits per heavy atom. The van der Waals surface area contributed by atoms with Crippen LogP contribution in [0.1, 0.15) is 50.6 Å². The summed E-state index contributed by atoms with van der Waals surface area (Å²) in [5, 5.41) is 1.84. The maximum Gasteiger partial charge on any atom is 0.258 e. The second kappa shape index (κ2) is 10.6. The van der Waals surface area contributed by atoms with Gasteiger partial charge in [-0.15, -0.1) is 23.1 Å². The summed E-state index contributed by atoms with van der Waals surface area (Å²) < 4.78 is 1.53. The fourth-order valence-electron chi connectivity index (χ4n) is 4.46. The molecule has 0 N–H and O–H groups in total. The van der Waals surface area contributed by atoms with E-state index in [1.807, 2.05) is 15.2 Å². The Kier molecular flexibility index (Phi) is 7.66. The van der Waals surface area contributed by atoms with Crippen molar-refractivity contribution < 1.29 is 9.59 Å². The van der Waals surface area contributed by atoms with E-state index >= 15 is 0 Å². The number of aromatic nitrogens is 2. The van der Waals surface area contributed by atoms with E-state index < -0.39 is 0 Å². The van der Waals surface area contributed by atoms with Crippen LogP contribution < -0.4 is 5.56 Å². The summed E-state index contributed by atoms with van der Waals surface area (Å²) in [4.78, 5) is 46.1. The molecule has 0 spiro atoms. The molecule has 1 aliphatic carbocycles. The van der Waals surface area contributed by atoms with Gasteiger partial charge in [0.15, 0.2) is 4.96 Å². The van der Waals surface area contributed by atoms with Crippen molar-refractivity contribution in [1.29, 1.82) is 0 Å². The molecule has 31 heavy (non-hydrogen) atoms. The van der Waals surface area contributed by atoms with Gasteiger partial charge < -0.3 is 9.80 Å². The topological polar surface area (TPSA) is 75.0 Å². The lowest BCUT2D eigenvalue weighted by Gasteiger charge is -2.35. The van der Waals surface area contributed by atoms with Crippen molar-refractivity contribution in [1.82, 2.24) is 19.2 Å². The molecule has 0 aromatic carbocycles. The molecule has 0 bridgehead atoms. The van der Waals surface area contributed by atoms with Crippen molar-refractivity contribution in [3.8, 4) is 0 Å². The summed E-state index contributed by atoms with van der Waals surface area (Å²) in [5.41, 5.74) is 0.621. The normalized spacial score (nSPS) is 17.9. The van der Waals surface area contributed by atoms with Crippen LogP contribution in [0.15, 0.2) is 22.4 Å². The maximum absolute atomic E-state index is 12.6. The van der Waals surface area contributed by atoms with E-state index in [4.69, 9.17) is 0 Å². The number of carbonyl (C=O) groups excluding carboxylic acids is 2. The Morgan fingerprint density at radius 3 is 2.52 bits per heavy atom. The van der Waals surface area contributed by atoms with Crippen LogP contribution in [0, 0.1) is 5.92 Å². The van der Waals surface area contributed by atoms with Crippen molar-refractivity contribution in [3.63, 3.8) is 0 Å². The first-order valence-electron chi connectivity index (χ1n) is 11.2. The molecule has 1 saturated heterocycles. The van der Waals surface area contributed by atoms with Gasteiger partial charge in [-0.25, -0.2) is 4.98 Å². The van der Waals surface area contributed by atoms with E-state index in [0.29, 0.717) is 54.8 Å². The molecule has 0 radical (unpaired) electrons. The van der Waals surface area contributed by atoms with Crippen LogP contribution in [-0.2, 0) is 15.3 Å². The molecule has 168 valence electrons. The van der Waals surface area contributed by atoms with E-state index in [-0.39, 0.29) is 17.4 Å². The molecule has 2 aromatic rings. The second-order valence-corrected chi connectivity index (χ2v) is 10.3. The maximum atomic E-state index is 12.6. The van der Waals surface area contributed by atoms with Gasteiger partial charge in [0, 0.05) is 56.0 Å². The summed E-state index contributed by atoms with van der Waals surface area (Å²) in [5.74, 6) is 1.96. The highest BCUT2D eigenvalue weighted by atomic mass is 32.2. The lowest BCUT2D eigenvalue weighted by Crippen LogP contribution is -2.51. The first kappa shape index (κ1) is 22.3. The van der Waals surface area contributed by atoms with Gasteiger partial charge in [0.2, 0.25) is 11.8 Å². The lowest BCUT2D eigenvalue weighted by atomic mass is 9.86. The molecule has 2 aromatic heterocycles. The minimum absolute atomic E-state index is 0.0857. The number of nitrogens with zero attached hydrogens (tertiary/aromatic N) is 4. The highest BCUT2D eigenvalue weighted by molar-refractivity contribution is 7.99. The zero-order valence-corrected chi connectivity index (χ0v) is 19.5. The molecule has 3 heterocycles. The molecular weight excluding hydrogens is 432 g/mol. The summed E-state index contributed by atoms with van der Waals surface area (Å²) in [6.07, 6.45) is 9.91. The Balaban J connectivity index is 1.16. The molecule has 4 rings (SSSR count). The van der Waals surface area contributed by atoms with E-state index in [1.165, 1.54) is 65.7 Å². The minimum Gasteiger partial charge on any atom is -0.339 e. The van der Waals surface area contributed by atoms with Crippen LogP contribution in [-0.4, -0.2) is 62.9 Å². The summed E-state index contributed by atoms with van der Waals surface area (Å²) in [6, 6.07) is 1.54. The number of hydrogen-bond acceptors (Lipinski definition) is 6. The monoisotopic (exact) mass is 462 g/mol. The third kappa shape index (κ3) is 5.88. The number of fused-ring (bicyclic) bond motifs is 1. The molecule has 1 saturated carbocycles. The number of piperazine rings is 1. The van der Waals surface area contributed by atoms with Crippen molar-refractivity contribution in [2.75, 3.05) is 31.9 Å². The third-order valence-corrected chi connectivity index (χ3v) is 8.02. The zero-order valence-electron chi connectivity index (χ0n) is 17.8. The van der Waals surface area contributed by atoms with Crippen LogP contribution in [0.2, 0.25) is 0 Å². The van der Waals surface area contributed by atoms with Gasteiger partial charge in [-0.2, -0.15) is 0 Å². The number of hydrogen-bond donors (Lipinski definition) is 0. The molecular formula is C22H30N4O3S2. The standard InChI is InChI=1S/C22H30N4O3S2/c27-19(7-6-17-4-2-1-3-5-17)24-8-10-25(11-9-24)21(29)16-30-15-18-14-20(28)26-12-13-31-22(26)23-18/h12-14,17H,1-11,15-16H2. The predicted molar refractivity (Wildman–Crippen MR) is 124 cm³/mol. The zero-order chi connectivity index (χ0) is 21.6. The number of rotatable bonds is 7. The molecule has 0 atom stereocenters. The number of thiazole rings is 1. The first-order valence-corrected chi connectivity index (χ1v) is 13.2. The van der Waals surface area contributed by atoms with Crippen molar-refractivity contribution >= 4 is 39.9 Å². The van der Waals surface area contributed by atoms with Gasteiger partial charge in [-0.3, -0.25) is 18.8 Å². The molecule has 2 amide bonds. The average molecular weight is 463 g/mol. The smallest absolute Gasteiger partial charge is 0.258 e. The van der Waals surface area contributed by atoms with Gasteiger partial charge >= 0.3 is 0 Å². The molecule has 0 unspecified atom stereocenters. The summed E-state index contributed by atoms with van der Waals surface area (Å²) in [7, 11) is 0. The van der Waals surface area contributed by atoms with E-state index in [0.717, 1.165) is 12.3 Å². The fraction of sp³-hybridized carbons (Fsp3) is 0.636. The number of carbonyl (C=O) groups is 2. The van der Waals surface area contributed by atoms with E-state index in [9.17, 15) is 14.4 Å². The Hall–Kier alpha value is -1.87. The molecule has 9 heteroatoms. The second-order valence-electron chi connectivity index (χ2n) is 8.44. The van der Waals surface area contributed by atoms with Gasteiger partial charge in [-0.05, 0) is 12.3 Å². The van der Waals surface area contributed by atoms with Gasteiger partial charge in [0.05, 0.1) is 11.4 Å². The SMILES string of the molecule is O=C(CCC1CCCCC1)N1CCN(C(=O)CSCc2cc(=O)n3ccsc3n2)CC1. The Morgan fingerprint density at radius 2 is 1.77 bits per heavy atom. The highest BCUT2D eigenvalue weighted by Gasteiger charge is 2.24. The van der Waals surface area contributed by atoms with Gasteiger partial charge in [-0.1, -0.05) is 32.1 Å². The number of thioether (sulfide) groups is 1. The van der Waals surface area contributed by atoms with E-state index in [2.05, 4.69) is 4.98 Å². The van der Waals surface area contributed by atoms with Crippen LogP contribution in [0.4, 0.5) is 0 Å². The summed E-state index contributed by atoms with van der Waals surface area (Å²) in [6.45, 7) is 2.48. The Labute approximate surface area is 190 Å². The summed E-state index contributed by atoms with van der Waals surface area (Å²) >= 11 is 2.91. The molecule has 2 aliphatic rings. The Bertz CT molecular complexity index is 959. The molecule has 1 aliphatic heterocycles. The van der Waals surface area contributed by atoms with Crippen molar-refractivity contribution in [2.24, 2.45) is 5.92 Å². The fourth-order valence-corrected chi connectivity index (χ4v) is 6.02. The van der Waals surface area contributed by atoms with Crippen LogP contribution >= 0.6 is 23.1 Å². The van der Waals surface area contributed by atoms with Crippen molar-refractivity contribution in [2.45, 2.75) is 50.7 Å². The quantitative estimate of drug-likeness (QED) is 0.632. The molecule has 2 fully saturated rings. The van der Waals surface area contributed by atoms with E-state index in [1.54, 1.807) is 6.20 Å². The minimum atomic E-state index is -0.0857. The van der Waals surface area contributed by atoms with Crippen LogP contribution in [0.5, 0.6) is 0 Å².